The van der Waals surface area contributed by atoms with E-state index in [1.807, 2.05) is 51.1 Å². The molecule has 0 fully saturated rings. The maximum Gasteiger partial charge on any atom is 0.416 e. The number of aryl methyl sites for hydroxylation is 1. The van der Waals surface area contributed by atoms with Gasteiger partial charge >= 0.3 is 12.2 Å². The summed E-state index contributed by atoms with van der Waals surface area (Å²) in [6, 6.07) is 17.6. The lowest BCUT2D eigenvalue weighted by atomic mass is 9.85. The number of ketones is 1. The van der Waals surface area contributed by atoms with Crippen LogP contribution in [-0.4, -0.2) is 38.9 Å². The summed E-state index contributed by atoms with van der Waals surface area (Å²) in [5.74, 6) is 0.579. The molecule has 10 heteroatoms. The lowest BCUT2D eigenvalue weighted by molar-refractivity contribution is -0.137. The van der Waals surface area contributed by atoms with E-state index in [4.69, 9.17) is 4.52 Å². The standard InChI is InChI=1S/C32H31F3N4O3/c1-31(2,3)37-30(41)39-17-16-24-23(21-10-7-11-22(18-21)32(33,34)35)12-13-25(26(24)19-39)27(40)14-15-28-36-29(42-38-28)20-8-5-4-6-9-20/h4-13,18H,14-17,19H2,1-3H3,(H,37,41). The number of urea groups is 1. The average Bonchev–Trinajstić information content (AvgIpc) is 3.43. The van der Waals surface area contributed by atoms with Gasteiger partial charge in [-0.1, -0.05) is 47.6 Å². The Morgan fingerprint density at radius 3 is 2.40 bits per heavy atom. The van der Waals surface area contributed by atoms with Crippen molar-refractivity contribution in [3.05, 3.63) is 94.8 Å². The molecule has 1 aliphatic rings. The highest BCUT2D eigenvalue weighted by Crippen LogP contribution is 2.37. The summed E-state index contributed by atoms with van der Waals surface area (Å²) in [6.07, 6.45) is -3.75. The zero-order chi connectivity index (χ0) is 30.1. The number of halogens is 3. The minimum atomic E-state index is -4.48. The number of fused-ring (bicyclic) bond motifs is 1. The molecule has 0 unspecified atom stereocenters. The quantitative estimate of drug-likeness (QED) is 0.247. The van der Waals surface area contributed by atoms with Gasteiger partial charge in [-0.15, -0.1) is 0 Å². The van der Waals surface area contributed by atoms with Crippen LogP contribution >= 0.6 is 0 Å². The van der Waals surface area contributed by atoms with Crippen molar-refractivity contribution in [2.24, 2.45) is 0 Å². The van der Waals surface area contributed by atoms with E-state index in [2.05, 4.69) is 15.5 Å². The first-order valence-corrected chi connectivity index (χ1v) is 13.7. The summed E-state index contributed by atoms with van der Waals surface area (Å²) >= 11 is 0. The van der Waals surface area contributed by atoms with Crippen LogP contribution in [0.1, 0.15) is 60.1 Å². The predicted octanol–water partition coefficient (Wildman–Crippen LogP) is 7.10. The molecule has 218 valence electrons. The van der Waals surface area contributed by atoms with Crippen LogP contribution in [0, 0.1) is 0 Å². The molecular formula is C32H31F3N4O3. The number of Topliss-reactive ketones (excluding diaryl/α,β-unsaturated/α-hetero) is 1. The zero-order valence-corrected chi connectivity index (χ0v) is 23.6. The second-order valence-corrected chi connectivity index (χ2v) is 11.4. The largest absolute Gasteiger partial charge is 0.416 e. The Kier molecular flexibility index (Phi) is 7.90. The molecule has 5 rings (SSSR count). The number of carbonyl (C=O) groups is 2. The van der Waals surface area contributed by atoms with Crippen molar-refractivity contribution in [1.82, 2.24) is 20.4 Å². The van der Waals surface area contributed by atoms with Gasteiger partial charge in [0.2, 0.25) is 0 Å². The van der Waals surface area contributed by atoms with Crippen LogP contribution < -0.4 is 5.32 Å². The van der Waals surface area contributed by atoms with E-state index in [0.29, 0.717) is 46.9 Å². The Morgan fingerprint density at radius 2 is 1.69 bits per heavy atom. The molecular weight excluding hydrogens is 545 g/mol. The third kappa shape index (κ3) is 6.53. The lowest BCUT2D eigenvalue weighted by Gasteiger charge is -2.34. The molecule has 42 heavy (non-hydrogen) atoms. The van der Waals surface area contributed by atoms with Gasteiger partial charge < -0.3 is 14.7 Å². The van der Waals surface area contributed by atoms with Crippen molar-refractivity contribution in [3.8, 4) is 22.6 Å². The van der Waals surface area contributed by atoms with Crippen LogP contribution in [0.2, 0.25) is 0 Å². The molecule has 1 aromatic heterocycles. The summed E-state index contributed by atoms with van der Waals surface area (Å²) in [4.78, 5) is 32.6. The third-order valence-electron chi connectivity index (χ3n) is 7.05. The first-order chi connectivity index (χ1) is 19.9. The first kappa shape index (κ1) is 29.0. The van der Waals surface area contributed by atoms with E-state index in [-0.39, 0.29) is 31.2 Å². The van der Waals surface area contributed by atoms with Crippen molar-refractivity contribution in [1.29, 1.82) is 0 Å². The molecule has 0 spiro atoms. The van der Waals surface area contributed by atoms with Gasteiger partial charge in [0, 0.05) is 42.6 Å². The van der Waals surface area contributed by atoms with E-state index in [9.17, 15) is 22.8 Å². The van der Waals surface area contributed by atoms with Crippen LogP contribution in [0.4, 0.5) is 18.0 Å². The zero-order valence-electron chi connectivity index (χ0n) is 23.6. The smallest absolute Gasteiger partial charge is 0.334 e. The van der Waals surface area contributed by atoms with Crippen LogP contribution in [0.5, 0.6) is 0 Å². The average molecular weight is 577 g/mol. The molecule has 1 aliphatic heterocycles. The van der Waals surface area contributed by atoms with Crippen molar-refractivity contribution in [3.63, 3.8) is 0 Å². The summed E-state index contributed by atoms with van der Waals surface area (Å²) in [6.45, 7) is 6.16. The van der Waals surface area contributed by atoms with Crippen LogP contribution in [0.15, 0.2) is 71.3 Å². The van der Waals surface area contributed by atoms with Crippen molar-refractivity contribution >= 4 is 11.8 Å². The molecule has 7 nitrogen and oxygen atoms in total. The number of nitrogens with one attached hydrogen (secondary N) is 1. The number of benzene rings is 3. The molecule has 0 saturated carbocycles. The molecule has 0 aliphatic carbocycles. The fourth-order valence-corrected chi connectivity index (χ4v) is 5.06. The highest BCUT2D eigenvalue weighted by atomic mass is 19.4. The van der Waals surface area contributed by atoms with Crippen molar-refractivity contribution in [2.45, 2.75) is 58.3 Å². The molecule has 0 saturated heterocycles. The lowest BCUT2D eigenvalue weighted by Crippen LogP contribution is -2.50. The normalized spacial score (nSPS) is 13.5. The topological polar surface area (TPSA) is 88.3 Å². The summed E-state index contributed by atoms with van der Waals surface area (Å²) in [5.41, 5.74) is 2.44. The fraction of sp³-hybridized carbons (Fsp3) is 0.312. The summed E-state index contributed by atoms with van der Waals surface area (Å²) < 4.78 is 45.8. The highest BCUT2D eigenvalue weighted by molar-refractivity contribution is 5.99. The minimum Gasteiger partial charge on any atom is -0.334 e. The molecule has 3 aromatic carbocycles. The summed E-state index contributed by atoms with van der Waals surface area (Å²) in [7, 11) is 0. The fourth-order valence-electron chi connectivity index (χ4n) is 5.06. The van der Waals surface area contributed by atoms with Gasteiger partial charge in [0.15, 0.2) is 11.6 Å². The number of carbonyl (C=O) groups excluding carboxylic acids is 2. The van der Waals surface area contributed by atoms with Crippen molar-refractivity contribution in [2.75, 3.05) is 6.54 Å². The monoisotopic (exact) mass is 576 g/mol. The second-order valence-electron chi connectivity index (χ2n) is 11.4. The van der Waals surface area contributed by atoms with E-state index >= 15 is 0 Å². The van der Waals surface area contributed by atoms with Gasteiger partial charge in [-0.05, 0) is 73.7 Å². The maximum atomic E-state index is 13.6. The molecule has 0 atom stereocenters. The number of aromatic nitrogens is 2. The maximum absolute atomic E-state index is 13.6. The Labute approximate surface area is 241 Å². The molecule has 1 N–H and O–H groups in total. The third-order valence-corrected chi connectivity index (χ3v) is 7.05. The molecule has 0 bridgehead atoms. The van der Waals surface area contributed by atoms with E-state index in [1.54, 1.807) is 23.1 Å². The Morgan fingerprint density at radius 1 is 0.952 bits per heavy atom. The van der Waals surface area contributed by atoms with Gasteiger partial charge in [0.25, 0.3) is 5.89 Å². The number of nitrogens with zero attached hydrogens (tertiary/aromatic N) is 3. The Hall–Kier alpha value is -4.47. The van der Waals surface area contributed by atoms with E-state index in [1.165, 1.54) is 6.07 Å². The van der Waals surface area contributed by atoms with Crippen LogP contribution in [-0.2, 0) is 25.6 Å². The molecule has 4 aromatic rings. The van der Waals surface area contributed by atoms with Crippen LogP contribution in [0.25, 0.3) is 22.6 Å². The van der Waals surface area contributed by atoms with Gasteiger partial charge in [0.1, 0.15) is 0 Å². The highest BCUT2D eigenvalue weighted by Gasteiger charge is 2.32. The number of hydrogen-bond donors (Lipinski definition) is 1. The number of amides is 2. The minimum absolute atomic E-state index is 0.0945. The molecule has 2 heterocycles. The van der Waals surface area contributed by atoms with Gasteiger partial charge in [-0.3, -0.25) is 4.79 Å². The second kappa shape index (κ2) is 11.4. The molecule has 2 amide bonds. The van der Waals surface area contributed by atoms with Gasteiger partial charge in [-0.25, -0.2) is 4.79 Å². The van der Waals surface area contributed by atoms with E-state index < -0.39 is 17.3 Å². The summed E-state index contributed by atoms with van der Waals surface area (Å²) in [5, 5.41) is 6.96. The number of rotatable bonds is 6. The Bertz CT molecular complexity index is 1610. The first-order valence-electron chi connectivity index (χ1n) is 13.7. The van der Waals surface area contributed by atoms with Crippen molar-refractivity contribution < 1.29 is 27.3 Å². The number of alkyl halides is 3. The predicted molar refractivity (Wildman–Crippen MR) is 152 cm³/mol. The van der Waals surface area contributed by atoms with Crippen LogP contribution in [0.3, 0.4) is 0 Å². The van der Waals surface area contributed by atoms with Gasteiger partial charge in [-0.2, -0.15) is 18.2 Å². The van der Waals surface area contributed by atoms with E-state index in [0.717, 1.165) is 23.3 Å². The SMILES string of the molecule is CC(C)(C)NC(=O)N1CCc2c(-c3cccc(C(F)(F)F)c3)ccc(C(=O)CCc3noc(-c4ccccc4)n3)c2C1. The Balaban J connectivity index is 1.45. The van der Waals surface area contributed by atoms with Gasteiger partial charge in [0.05, 0.1) is 5.56 Å². The number of hydrogen-bond acceptors (Lipinski definition) is 5. The molecule has 0 radical (unpaired) electrons.